The van der Waals surface area contributed by atoms with Crippen LogP contribution in [0.15, 0.2) is 6.20 Å². The van der Waals surface area contributed by atoms with Crippen molar-refractivity contribution in [2.24, 2.45) is 11.8 Å². The highest BCUT2D eigenvalue weighted by Crippen LogP contribution is 2.31. The van der Waals surface area contributed by atoms with Gasteiger partial charge in [0.1, 0.15) is 6.61 Å². The van der Waals surface area contributed by atoms with Crippen LogP contribution in [0.1, 0.15) is 36.2 Å². The Morgan fingerprint density at radius 3 is 2.70 bits per heavy atom. The summed E-state index contributed by atoms with van der Waals surface area (Å²) in [7, 11) is 0. The zero-order chi connectivity index (χ0) is 18.6. The van der Waals surface area contributed by atoms with Crippen molar-refractivity contribution in [3.05, 3.63) is 11.9 Å². The van der Waals surface area contributed by atoms with Crippen molar-refractivity contribution >= 4 is 11.8 Å². The number of aromatic nitrogens is 3. The molecule has 3 fully saturated rings. The van der Waals surface area contributed by atoms with E-state index in [-0.39, 0.29) is 30.2 Å². The van der Waals surface area contributed by atoms with Crippen LogP contribution in [-0.2, 0) is 9.53 Å². The van der Waals surface area contributed by atoms with Crippen LogP contribution in [0.5, 0.6) is 0 Å². The molecule has 148 valence electrons. The number of hydrogen-bond donors (Lipinski definition) is 2. The fourth-order valence-corrected chi connectivity index (χ4v) is 3.92. The molecule has 2 N–H and O–H groups in total. The zero-order valence-electron chi connectivity index (χ0n) is 15.6. The lowest BCUT2D eigenvalue weighted by atomic mass is 9.95. The zero-order valence-corrected chi connectivity index (χ0v) is 15.6. The van der Waals surface area contributed by atoms with Crippen LogP contribution in [0.2, 0.25) is 0 Å². The molecular formula is C18H28N6O3. The number of amides is 2. The van der Waals surface area contributed by atoms with Crippen LogP contribution in [0.25, 0.3) is 0 Å². The largest absolute Gasteiger partial charge is 0.365 e. The van der Waals surface area contributed by atoms with E-state index in [0.29, 0.717) is 19.0 Å². The Balaban J connectivity index is 1.20. The van der Waals surface area contributed by atoms with E-state index in [9.17, 15) is 9.59 Å². The third-order valence-corrected chi connectivity index (χ3v) is 5.76. The lowest BCUT2D eigenvalue weighted by Crippen LogP contribution is -2.52. The second-order valence-electron chi connectivity index (χ2n) is 7.98. The number of carbonyl (C=O) groups is 2. The minimum Gasteiger partial charge on any atom is -0.365 e. The molecule has 2 aliphatic heterocycles. The monoisotopic (exact) mass is 376 g/mol. The Hall–Kier alpha value is -2.00. The van der Waals surface area contributed by atoms with Crippen molar-refractivity contribution in [3.63, 3.8) is 0 Å². The summed E-state index contributed by atoms with van der Waals surface area (Å²) < 4.78 is 5.59. The van der Waals surface area contributed by atoms with Gasteiger partial charge in [0.15, 0.2) is 5.69 Å². The molecule has 9 nitrogen and oxygen atoms in total. The number of carbonyl (C=O) groups excluding carboxylic acids is 2. The van der Waals surface area contributed by atoms with Crippen molar-refractivity contribution in [3.8, 4) is 0 Å². The first kappa shape index (κ1) is 18.4. The molecule has 1 saturated carbocycles. The van der Waals surface area contributed by atoms with Gasteiger partial charge in [-0.2, -0.15) is 15.4 Å². The molecule has 0 aromatic carbocycles. The summed E-state index contributed by atoms with van der Waals surface area (Å²) >= 11 is 0. The second-order valence-corrected chi connectivity index (χ2v) is 7.98. The lowest BCUT2D eigenvalue weighted by molar-refractivity contribution is -0.149. The highest BCUT2D eigenvalue weighted by Gasteiger charge is 2.31. The van der Waals surface area contributed by atoms with Gasteiger partial charge in [0.2, 0.25) is 5.91 Å². The topological polar surface area (TPSA) is 103 Å². The minimum absolute atomic E-state index is 0.0505. The Bertz CT molecular complexity index is 640. The number of nitrogens with one attached hydrogen (secondary N) is 2. The summed E-state index contributed by atoms with van der Waals surface area (Å²) in [4.78, 5) is 28.7. The predicted molar refractivity (Wildman–Crippen MR) is 96.9 cm³/mol. The highest BCUT2D eigenvalue weighted by molar-refractivity contribution is 5.91. The van der Waals surface area contributed by atoms with Crippen molar-refractivity contribution in [1.82, 2.24) is 30.5 Å². The van der Waals surface area contributed by atoms with Gasteiger partial charge < -0.3 is 19.9 Å². The Kier molecular flexibility index (Phi) is 5.68. The summed E-state index contributed by atoms with van der Waals surface area (Å²) in [6.07, 6.45) is 6.31. The van der Waals surface area contributed by atoms with Crippen LogP contribution >= 0.6 is 0 Å². The number of ether oxygens (including phenoxy) is 1. The van der Waals surface area contributed by atoms with E-state index in [0.717, 1.165) is 38.4 Å². The predicted octanol–water partition coefficient (Wildman–Crippen LogP) is -0.116. The summed E-state index contributed by atoms with van der Waals surface area (Å²) in [5.74, 6) is 1.26. The number of morpholine rings is 1. The third-order valence-electron chi connectivity index (χ3n) is 5.76. The Morgan fingerprint density at radius 2 is 2.00 bits per heavy atom. The average molecular weight is 376 g/mol. The molecule has 1 aromatic heterocycles. The van der Waals surface area contributed by atoms with Crippen LogP contribution in [0.4, 0.5) is 0 Å². The molecule has 1 atom stereocenters. The number of nitrogens with zero attached hydrogens (tertiary/aromatic N) is 4. The molecule has 1 aromatic rings. The van der Waals surface area contributed by atoms with Gasteiger partial charge in [0.05, 0.1) is 12.3 Å². The van der Waals surface area contributed by atoms with E-state index in [1.54, 1.807) is 0 Å². The number of H-pyrrole nitrogens is 1. The molecule has 3 aliphatic rings. The molecule has 27 heavy (non-hydrogen) atoms. The number of likely N-dealkylation sites (tertiary alicyclic amines) is 1. The number of aromatic amines is 1. The van der Waals surface area contributed by atoms with Crippen LogP contribution in [0.3, 0.4) is 0 Å². The van der Waals surface area contributed by atoms with Crippen LogP contribution in [-0.4, -0.2) is 89.0 Å². The summed E-state index contributed by atoms with van der Waals surface area (Å²) in [5.41, 5.74) is 0.247. The molecule has 9 heteroatoms. The maximum atomic E-state index is 12.2. The molecule has 1 aliphatic carbocycles. The number of hydrogen-bond acceptors (Lipinski definition) is 6. The van der Waals surface area contributed by atoms with E-state index < -0.39 is 0 Å². The molecule has 2 saturated heterocycles. The quantitative estimate of drug-likeness (QED) is 0.688. The minimum atomic E-state index is -0.293. The lowest BCUT2D eigenvalue weighted by Gasteiger charge is -2.38. The fraction of sp³-hybridized carbons (Fsp3) is 0.778. The standard InChI is InChI=1S/C18H28N6O3/c25-17-12-27-15(7-19-18(26)16-8-20-22-21-16)11-24(17)10-14-3-5-23(6-4-14)9-13-1-2-13/h8,13-15H,1-7,9-12H2,(H,19,26)(H,20,21,22). The van der Waals surface area contributed by atoms with E-state index >= 15 is 0 Å². The van der Waals surface area contributed by atoms with Crippen LogP contribution in [0, 0.1) is 11.8 Å². The van der Waals surface area contributed by atoms with E-state index in [2.05, 4.69) is 25.6 Å². The van der Waals surface area contributed by atoms with E-state index in [1.165, 1.54) is 25.6 Å². The second kappa shape index (κ2) is 8.35. The summed E-state index contributed by atoms with van der Waals surface area (Å²) in [5, 5.41) is 12.6. The van der Waals surface area contributed by atoms with Gasteiger partial charge in [-0.1, -0.05) is 0 Å². The number of rotatable bonds is 7. The maximum absolute atomic E-state index is 12.2. The van der Waals surface area contributed by atoms with Crippen molar-refractivity contribution < 1.29 is 14.3 Å². The molecule has 0 bridgehead atoms. The van der Waals surface area contributed by atoms with Gasteiger partial charge in [-0.15, -0.1) is 0 Å². The van der Waals surface area contributed by atoms with Crippen LogP contribution < -0.4 is 5.32 Å². The van der Waals surface area contributed by atoms with E-state index in [1.807, 2.05) is 4.90 Å². The van der Waals surface area contributed by atoms with Gasteiger partial charge in [-0.25, -0.2) is 0 Å². The molecule has 0 spiro atoms. The first-order valence-electron chi connectivity index (χ1n) is 9.93. The van der Waals surface area contributed by atoms with Crippen molar-refractivity contribution in [2.45, 2.75) is 31.8 Å². The first-order valence-corrected chi connectivity index (χ1v) is 9.93. The van der Waals surface area contributed by atoms with Gasteiger partial charge in [-0.3, -0.25) is 9.59 Å². The Labute approximate surface area is 158 Å². The molecule has 2 amide bonds. The average Bonchev–Trinajstić information content (AvgIpc) is 3.31. The Morgan fingerprint density at radius 1 is 1.22 bits per heavy atom. The maximum Gasteiger partial charge on any atom is 0.273 e. The van der Waals surface area contributed by atoms with Gasteiger partial charge in [0, 0.05) is 26.2 Å². The molecule has 4 rings (SSSR count). The van der Waals surface area contributed by atoms with Gasteiger partial charge >= 0.3 is 0 Å². The molecular weight excluding hydrogens is 348 g/mol. The summed E-state index contributed by atoms with van der Waals surface area (Å²) in [6.45, 7) is 5.33. The van der Waals surface area contributed by atoms with Gasteiger partial charge in [-0.05, 0) is 50.6 Å². The van der Waals surface area contributed by atoms with Crippen molar-refractivity contribution in [2.75, 3.05) is 45.9 Å². The fourth-order valence-electron chi connectivity index (χ4n) is 3.92. The highest BCUT2D eigenvalue weighted by atomic mass is 16.5. The molecule has 0 radical (unpaired) electrons. The van der Waals surface area contributed by atoms with E-state index in [4.69, 9.17) is 4.74 Å². The summed E-state index contributed by atoms with van der Waals surface area (Å²) in [6, 6.07) is 0. The SMILES string of the molecule is O=C(NCC1CN(CC2CCN(CC3CC3)CC2)C(=O)CO1)c1cn[nH]n1. The first-order chi connectivity index (χ1) is 13.2. The smallest absolute Gasteiger partial charge is 0.273 e. The third kappa shape index (κ3) is 5.04. The van der Waals surface area contributed by atoms with Gasteiger partial charge in [0.25, 0.3) is 5.91 Å². The normalized spacial score (nSPS) is 25.0. The van der Waals surface area contributed by atoms with Crippen molar-refractivity contribution in [1.29, 1.82) is 0 Å². The molecule has 3 heterocycles. The number of piperidine rings is 1. The molecule has 1 unspecified atom stereocenters.